The van der Waals surface area contributed by atoms with E-state index in [1.807, 2.05) is 0 Å². The van der Waals surface area contributed by atoms with Gasteiger partial charge < -0.3 is 14.7 Å². The zero-order valence-corrected chi connectivity index (χ0v) is 19.9. The Labute approximate surface area is 145 Å². The van der Waals surface area contributed by atoms with Crippen molar-refractivity contribution in [3.8, 4) is 0 Å². The summed E-state index contributed by atoms with van der Waals surface area (Å²) < 4.78 is 0. The van der Waals surface area contributed by atoms with Gasteiger partial charge in [0.1, 0.15) is 0 Å². The summed E-state index contributed by atoms with van der Waals surface area (Å²) in [6.45, 7) is 0. The second kappa shape index (κ2) is 11.4. The summed E-state index contributed by atoms with van der Waals surface area (Å²) in [7, 11) is 12.6. The van der Waals surface area contributed by atoms with E-state index in [-0.39, 0.29) is 13.2 Å². The van der Waals surface area contributed by atoms with E-state index in [0.29, 0.717) is 12.1 Å². The molecular weight excluding hydrogens is 437 g/mol. The number of hydrogen-bond donors (Lipinski definition) is 0. The average molecular weight is 466 g/mol. The van der Waals surface area contributed by atoms with Gasteiger partial charge in [-0.15, -0.1) is 0 Å². The molecule has 0 spiro atoms. The maximum atomic E-state index is 4.96. The molecule has 1 rings (SSSR count). The van der Waals surface area contributed by atoms with Gasteiger partial charge in [-0.2, -0.15) is 0 Å². The third-order valence-corrected chi connectivity index (χ3v) is 3.44. The van der Waals surface area contributed by atoms with Gasteiger partial charge in [0.25, 0.3) is 0 Å². The first-order valence-corrected chi connectivity index (χ1v) is 21.0. The molecule has 0 aromatic carbocycles. The predicted molar refractivity (Wildman–Crippen MR) is 92.4 cm³/mol. The van der Waals surface area contributed by atoms with Crippen molar-refractivity contribution >= 4 is 33.2 Å². The van der Waals surface area contributed by atoms with Gasteiger partial charge in [0.2, 0.25) is 0 Å². The summed E-state index contributed by atoms with van der Waals surface area (Å²) in [4.78, 5) is 11.5. The number of guanidine groups is 1. The van der Waals surface area contributed by atoms with Crippen molar-refractivity contribution in [1.29, 1.82) is 0 Å². The van der Waals surface area contributed by atoms with E-state index in [4.69, 9.17) is 4.99 Å². The van der Waals surface area contributed by atoms with Crippen molar-refractivity contribution in [3.05, 3.63) is 0 Å². The molecule has 0 aromatic rings. The SMILES string of the molecule is CN(C)C(=N[C@@H]1CCCC[C@H]1N(C)C)N(C)C.[Br][Zn][Br]. The molecule has 0 heterocycles. The van der Waals surface area contributed by atoms with Crippen molar-refractivity contribution in [1.82, 2.24) is 14.7 Å². The Kier molecular flexibility index (Phi) is 11.9. The van der Waals surface area contributed by atoms with E-state index in [1.165, 1.54) is 25.7 Å². The Morgan fingerprint density at radius 3 is 1.80 bits per heavy atom. The first-order valence-electron chi connectivity index (χ1n) is 7.05. The van der Waals surface area contributed by atoms with Crippen LogP contribution in [-0.4, -0.2) is 75.0 Å². The first kappa shape index (κ1) is 20.8. The van der Waals surface area contributed by atoms with Crippen LogP contribution in [-0.2, 0) is 13.2 Å². The summed E-state index contributed by atoms with van der Waals surface area (Å²) in [6.07, 6.45) is 5.14. The van der Waals surface area contributed by atoms with Crippen molar-refractivity contribution in [2.24, 2.45) is 4.99 Å². The number of nitrogens with zero attached hydrogens (tertiary/aromatic N) is 4. The van der Waals surface area contributed by atoms with Crippen molar-refractivity contribution in [2.45, 2.75) is 37.8 Å². The van der Waals surface area contributed by atoms with E-state index in [1.54, 1.807) is 0 Å². The molecule has 1 fully saturated rings. The Morgan fingerprint density at radius 1 is 0.950 bits per heavy atom. The monoisotopic (exact) mass is 462 g/mol. The second-order valence-corrected chi connectivity index (χ2v) is 19.8. The fraction of sp³-hybridized carbons (Fsp3) is 0.923. The van der Waals surface area contributed by atoms with Gasteiger partial charge >= 0.3 is 40.5 Å². The Balaban J connectivity index is 0.00000110. The summed E-state index contributed by atoms with van der Waals surface area (Å²) >= 11 is 6.25. The summed E-state index contributed by atoms with van der Waals surface area (Å²) in [5.74, 6) is 1.07. The fourth-order valence-corrected chi connectivity index (χ4v) is 2.62. The molecule has 20 heavy (non-hydrogen) atoms. The van der Waals surface area contributed by atoms with Crippen LogP contribution in [0.25, 0.3) is 0 Å². The molecular formula is C13H28Br2N4Zn. The van der Waals surface area contributed by atoms with Gasteiger partial charge in [-0.05, 0) is 26.9 Å². The molecule has 1 aliphatic carbocycles. The third-order valence-electron chi connectivity index (χ3n) is 3.44. The molecule has 0 unspecified atom stereocenters. The van der Waals surface area contributed by atoms with Gasteiger partial charge in [0, 0.05) is 34.2 Å². The Morgan fingerprint density at radius 2 is 1.40 bits per heavy atom. The van der Waals surface area contributed by atoms with Gasteiger partial charge in [-0.1, -0.05) is 12.8 Å². The molecule has 7 heteroatoms. The second-order valence-electron chi connectivity index (χ2n) is 5.70. The Hall–Kier alpha value is 0.813. The zero-order valence-electron chi connectivity index (χ0n) is 13.7. The van der Waals surface area contributed by atoms with Gasteiger partial charge in [0.05, 0.1) is 6.04 Å². The molecule has 116 valence electrons. The van der Waals surface area contributed by atoms with E-state index >= 15 is 0 Å². The average Bonchev–Trinajstić information content (AvgIpc) is 2.36. The van der Waals surface area contributed by atoms with Crippen LogP contribution in [0.2, 0.25) is 0 Å². The van der Waals surface area contributed by atoms with E-state index < -0.39 is 0 Å². The van der Waals surface area contributed by atoms with Crippen LogP contribution in [0.1, 0.15) is 25.7 Å². The van der Waals surface area contributed by atoms with Crippen LogP contribution in [0.4, 0.5) is 0 Å². The minimum atomic E-state index is -0.250. The van der Waals surface area contributed by atoms with Crippen molar-refractivity contribution < 1.29 is 13.2 Å². The van der Waals surface area contributed by atoms with E-state index in [0.717, 1.165) is 5.96 Å². The summed E-state index contributed by atoms with van der Waals surface area (Å²) in [5, 5.41) is 0. The number of aliphatic imine (C=N–C) groups is 1. The topological polar surface area (TPSA) is 22.1 Å². The van der Waals surface area contributed by atoms with Gasteiger partial charge in [-0.25, -0.2) is 4.99 Å². The first-order chi connectivity index (χ1) is 9.34. The molecule has 2 atom stereocenters. The van der Waals surface area contributed by atoms with Crippen LogP contribution >= 0.6 is 27.2 Å². The van der Waals surface area contributed by atoms with E-state index in [9.17, 15) is 0 Å². The standard InChI is InChI=1S/C13H28N4.2BrH.Zn/c1-15(2)12-10-8-7-9-11(12)14-13(16(3)4)17(5)6;;;/h11-12H,7-10H2,1-6H3;2*1H;/q;;;+2/p-2/t11-,12-;;;/m1.../s1. The van der Waals surface area contributed by atoms with Crippen LogP contribution in [0, 0.1) is 0 Å². The van der Waals surface area contributed by atoms with Crippen LogP contribution in [0.5, 0.6) is 0 Å². The molecule has 0 aliphatic heterocycles. The molecule has 0 N–H and O–H groups in total. The van der Waals surface area contributed by atoms with Crippen molar-refractivity contribution in [3.63, 3.8) is 0 Å². The molecule has 1 aliphatic rings. The van der Waals surface area contributed by atoms with Crippen LogP contribution < -0.4 is 0 Å². The molecule has 0 radical (unpaired) electrons. The zero-order chi connectivity index (χ0) is 15.7. The van der Waals surface area contributed by atoms with Crippen LogP contribution in [0.3, 0.4) is 0 Å². The fourth-order valence-electron chi connectivity index (χ4n) is 2.62. The molecule has 1 saturated carbocycles. The normalized spacial score (nSPS) is 21.4. The minimum absolute atomic E-state index is 0.250. The molecule has 0 amide bonds. The molecule has 0 saturated heterocycles. The van der Waals surface area contributed by atoms with Gasteiger partial charge in [0.15, 0.2) is 5.96 Å². The molecule has 0 bridgehead atoms. The van der Waals surface area contributed by atoms with E-state index in [2.05, 4.69) is 84.2 Å². The van der Waals surface area contributed by atoms with Gasteiger partial charge in [-0.3, -0.25) is 0 Å². The predicted octanol–water partition coefficient (Wildman–Crippen LogP) is 3.03. The van der Waals surface area contributed by atoms with Crippen LogP contribution in [0.15, 0.2) is 4.99 Å². The number of rotatable bonds is 2. The third kappa shape index (κ3) is 7.72. The number of likely N-dealkylation sites (N-methyl/N-ethyl adjacent to an activating group) is 1. The summed E-state index contributed by atoms with van der Waals surface area (Å²) in [6, 6.07) is 1.04. The number of halogens is 2. The molecule has 0 aromatic heterocycles. The quantitative estimate of drug-likeness (QED) is 0.356. The number of hydrogen-bond acceptors (Lipinski definition) is 2. The van der Waals surface area contributed by atoms with Crippen molar-refractivity contribution in [2.75, 3.05) is 42.3 Å². The molecule has 4 nitrogen and oxygen atoms in total. The summed E-state index contributed by atoms with van der Waals surface area (Å²) in [5.41, 5.74) is 0. The Bertz CT molecular complexity index is 276. The maximum absolute atomic E-state index is 4.96.